The molecule has 0 radical (unpaired) electrons. The van der Waals surface area contributed by atoms with Crippen LogP contribution in [0.25, 0.3) is 0 Å². The summed E-state index contributed by atoms with van der Waals surface area (Å²) >= 11 is 0. The highest BCUT2D eigenvalue weighted by Gasteiger charge is 2.42. The van der Waals surface area contributed by atoms with Gasteiger partial charge in [0.05, 0.1) is 18.1 Å². The Hall–Kier alpha value is -1.77. The first-order chi connectivity index (χ1) is 15.5. The molecule has 3 nitrogen and oxygen atoms in total. The Morgan fingerprint density at radius 2 is 1.61 bits per heavy atom. The third kappa shape index (κ3) is 7.11. The molecular formula is C24H31F6NO2. The molecule has 3 atom stereocenters. The van der Waals surface area contributed by atoms with Gasteiger partial charge >= 0.3 is 18.3 Å². The second kappa shape index (κ2) is 10.7. The van der Waals surface area contributed by atoms with E-state index in [-0.39, 0.29) is 49.2 Å². The largest absolute Gasteiger partial charge is 0.466 e. The van der Waals surface area contributed by atoms with Crippen LogP contribution in [0, 0.1) is 11.8 Å². The highest BCUT2D eigenvalue weighted by Crippen LogP contribution is 2.41. The molecule has 0 heterocycles. The van der Waals surface area contributed by atoms with Gasteiger partial charge in [-0.15, -0.1) is 0 Å². The van der Waals surface area contributed by atoms with Gasteiger partial charge in [-0.2, -0.15) is 26.3 Å². The van der Waals surface area contributed by atoms with Crippen LogP contribution < -0.4 is 5.32 Å². The van der Waals surface area contributed by atoms with Crippen molar-refractivity contribution in [3.05, 3.63) is 35.4 Å². The first-order valence-electron chi connectivity index (χ1n) is 11.6. The SMILES string of the molecule is CCOC(=O)C[C@@H]1CC[C@@H](N[C@H]2CC[C@@H](C(F)(F)F)CC2)[C@H](c2ccc(C(F)(F)F)cc2)C1. The maximum Gasteiger partial charge on any atom is 0.416 e. The maximum absolute atomic E-state index is 13.0. The van der Waals surface area contributed by atoms with Crippen molar-refractivity contribution in [2.45, 2.75) is 88.6 Å². The van der Waals surface area contributed by atoms with E-state index in [0.29, 0.717) is 32.3 Å². The van der Waals surface area contributed by atoms with Crippen LogP contribution in [-0.2, 0) is 15.7 Å². The van der Waals surface area contributed by atoms with E-state index >= 15 is 0 Å². The van der Waals surface area contributed by atoms with Crippen LogP contribution in [0.2, 0.25) is 0 Å². The first kappa shape index (κ1) is 25.8. The van der Waals surface area contributed by atoms with E-state index in [2.05, 4.69) is 5.32 Å². The molecule has 2 saturated carbocycles. The summed E-state index contributed by atoms with van der Waals surface area (Å²) < 4.78 is 83.0. The molecule has 9 heteroatoms. The van der Waals surface area contributed by atoms with Crippen molar-refractivity contribution in [3.63, 3.8) is 0 Å². The van der Waals surface area contributed by atoms with Gasteiger partial charge in [0.15, 0.2) is 0 Å². The Balaban J connectivity index is 1.71. The molecule has 0 aliphatic heterocycles. The minimum atomic E-state index is -4.42. The van der Waals surface area contributed by atoms with Crippen LogP contribution in [0.5, 0.6) is 0 Å². The van der Waals surface area contributed by atoms with E-state index < -0.39 is 23.8 Å². The van der Waals surface area contributed by atoms with E-state index in [1.807, 2.05) is 0 Å². The summed E-state index contributed by atoms with van der Waals surface area (Å²) in [6.45, 7) is 2.02. The number of benzene rings is 1. The fourth-order valence-electron chi connectivity index (χ4n) is 5.28. The van der Waals surface area contributed by atoms with Gasteiger partial charge in [0.1, 0.15) is 0 Å². The van der Waals surface area contributed by atoms with Crippen LogP contribution in [0.3, 0.4) is 0 Å². The summed E-state index contributed by atoms with van der Waals surface area (Å²) in [6.07, 6.45) is -5.24. The fourth-order valence-corrected chi connectivity index (χ4v) is 5.28. The van der Waals surface area contributed by atoms with E-state index in [4.69, 9.17) is 4.74 Å². The van der Waals surface area contributed by atoms with Crippen molar-refractivity contribution < 1.29 is 35.9 Å². The van der Waals surface area contributed by atoms with Crippen LogP contribution in [0.4, 0.5) is 26.3 Å². The lowest BCUT2D eigenvalue weighted by Gasteiger charge is -2.40. The number of carbonyl (C=O) groups is 1. The molecule has 1 aromatic carbocycles. The van der Waals surface area contributed by atoms with Crippen LogP contribution >= 0.6 is 0 Å². The van der Waals surface area contributed by atoms with E-state index in [9.17, 15) is 31.1 Å². The quantitative estimate of drug-likeness (QED) is 0.368. The lowest BCUT2D eigenvalue weighted by molar-refractivity contribution is -0.183. The summed E-state index contributed by atoms with van der Waals surface area (Å²) in [6, 6.07) is 4.98. The van der Waals surface area contributed by atoms with Gasteiger partial charge in [0.25, 0.3) is 0 Å². The summed E-state index contributed by atoms with van der Waals surface area (Å²) in [4.78, 5) is 12.0. The highest BCUT2D eigenvalue weighted by molar-refractivity contribution is 5.69. The number of alkyl halides is 6. The number of esters is 1. The number of carbonyl (C=O) groups excluding carboxylic acids is 1. The standard InChI is InChI=1S/C24H31F6NO2/c1-2-33-22(32)14-15-3-12-21(31-19-10-8-18(9-11-19)24(28,29)30)20(13-15)16-4-6-17(7-5-16)23(25,26)27/h4-7,15,18-21,31H,2-3,8-14H2,1H3/t15-,18-,19+,20+,21-/m1/s1. The van der Waals surface area contributed by atoms with E-state index in [0.717, 1.165) is 24.1 Å². The third-order valence-corrected chi connectivity index (χ3v) is 7.03. The number of hydrogen-bond donors (Lipinski definition) is 1. The number of hydrogen-bond acceptors (Lipinski definition) is 3. The molecule has 2 aliphatic rings. The van der Waals surface area contributed by atoms with Crippen molar-refractivity contribution in [2.24, 2.45) is 11.8 Å². The molecule has 0 saturated heterocycles. The lowest BCUT2D eigenvalue weighted by atomic mass is 9.73. The van der Waals surface area contributed by atoms with Crippen LogP contribution in [-0.4, -0.2) is 30.8 Å². The molecule has 0 amide bonds. The molecule has 0 aromatic heterocycles. The average Bonchev–Trinajstić information content (AvgIpc) is 2.74. The molecule has 3 rings (SSSR count). The molecule has 0 unspecified atom stereocenters. The smallest absolute Gasteiger partial charge is 0.416 e. The Bertz CT molecular complexity index is 769. The highest BCUT2D eigenvalue weighted by atomic mass is 19.4. The molecular weight excluding hydrogens is 448 g/mol. The van der Waals surface area contributed by atoms with Crippen LogP contribution in [0.1, 0.15) is 75.3 Å². The molecule has 2 aliphatic carbocycles. The summed E-state index contributed by atoms with van der Waals surface area (Å²) in [5.74, 6) is -1.62. The van der Waals surface area contributed by atoms with Crippen molar-refractivity contribution >= 4 is 5.97 Å². The van der Waals surface area contributed by atoms with Gasteiger partial charge in [-0.05, 0) is 81.4 Å². The Labute approximate surface area is 190 Å². The zero-order chi connectivity index (χ0) is 24.2. The van der Waals surface area contributed by atoms with Gasteiger partial charge in [0, 0.05) is 18.5 Å². The predicted octanol–water partition coefficient (Wildman–Crippen LogP) is 6.62. The van der Waals surface area contributed by atoms with Gasteiger partial charge in [-0.3, -0.25) is 4.79 Å². The second-order valence-electron chi connectivity index (χ2n) is 9.28. The number of halogens is 6. The van der Waals surface area contributed by atoms with Crippen molar-refractivity contribution in [3.8, 4) is 0 Å². The zero-order valence-corrected chi connectivity index (χ0v) is 18.6. The Kier molecular flexibility index (Phi) is 8.35. The van der Waals surface area contributed by atoms with Crippen molar-refractivity contribution in [2.75, 3.05) is 6.61 Å². The van der Waals surface area contributed by atoms with E-state index in [1.54, 1.807) is 6.92 Å². The molecule has 2 fully saturated rings. The number of rotatable bonds is 6. The minimum absolute atomic E-state index is 0.0489. The van der Waals surface area contributed by atoms with Gasteiger partial charge < -0.3 is 10.1 Å². The summed E-state index contributed by atoms with van der Waals surface area (Å²) in [7, 11) is 0. The normalized spacial score (nSPS) is 29.0. The predicted molar refractivity (Wildman–Crippen MR) is 112 cm³/mol. The number of ether oxygens (including phenoxy) is 1. The van der Waals surface area contributed by atoms with Gasteiger partial charge in [-0.1, -0.05) is 12.1 Å². The molecule has 0 spiro atoms. The Morgan fingerprint density at radius 3 is 2.15 bits per heavy atom. The van der Waals surface area contributed by atoms with Crippen molar-refractivity contribution in [1.29, 1.82) is 0 Å². The average molecular weight is 480 g/mol. The third-order valence-electron chi connectivity index (χ3n) is 7.03. The molecule has 186 valence electrons. The first-order valence-corrected chi connectivity index (χ1v) is 11.6. The number of nitrogens with one attached hydrogen (secondary N) is 1. The molecule has 0 bridgehead atoms. The zero-order valence-electron chi connectivity index (χ0n) is 18.6. The van der Waals surface area contributed by atoms with E-state index in [1.165, 1.54) is 12.1 Å². The summed E-state index contributed by atoms with van der Waals surface area (Å²) in [5, 5.41) is 3.52. The van der Waals surface area contributed by atoms with Gasteiger partial charge in [-0.25, -0.2) is 0 Å². The maximum atomic E-state index is 13.0. The minimum Gasteiger partial charge on any atom is -0.466 e. The lowest BCUT2D eigenvalue weighted by Crippen LogP contribution is -2.47. The fraction of sp³-hybridized carbons (Fsp3) is 0.708. The monoisotopic (exact) mass is 479 g/mol. The Morgan fingerprint density at radius 1 is 0.970 bits per heavy atom. The summed E-state index contributed by atoms with van der Waals surface area (Å²) in [5.41, 5.74) is 0.0261. The van der Waals surface area contributed by atoms with Gasteiger partial charge in [0.2, 0.25) is 0 Å². The molecule has 33 heavy (non-hydrogen) atoms. The molecule has 1 N–H and O–H groups in total. The molecule has 1 aromatic rings. The van der Waals surface area contributed by atoms with Crippen LogP contribution in [0.15, 0.2) is 24.3 Å². The topological polar surface area (TPSA) is 38.3 Å². The second-order valence-corrected chi connectivity index (χ2v) is 9.28. The van der Waals surface area contributed by atoms with Crippen molar-refractivity contribution in [1.82, 2.24) is 5.32 Å².